The van der Waals surface area contributed by atoms with Crippen LogP contribution in [-0.2, 0) is 14.3 Å². The number of aliphatic hydroxyl groups excluding tert-OH is 1. The SMILES string of the molecule is CCCCCCCC/C=C\CCCCCCCC(=O)O[C@@H](CO)COCCCCCCCCCCCCCC. The molecule has 4 heteroatoms. The molecule has 0 aromatic rings. The van der Waals surface area contributed by atoms with Gasteiger partial charge in [-0.05, 0) is 38.5 Å². The molecule has 0 rings (SSSR count). The minimum Gasteiger partial charge on any atom is -0.457 e. The lowest BCUT2D eigenvalue weighted by Crippen LogP contribution is -2.27. The number of hydrogen-bond acceptors (Lipinski definition) is 4. The molecule has 0 fully saturated rings. The Hall–Kier alpha value is -0.870. The van der Waals surface area contributed by atoms with Gasteiger partial charge in [-0.15, -0.1) is 0 Å². The van der Waals surface area contributed by atoms with Crippen LogP contribution >= 0.6 is 0 Å². The van der Waals surface area contributed by atoms with E-state index in [9.17, 15) is 9.90 Å². The van der Waals surface area contributed by atoms with Crippen LogP contribution < -0.4 is 0 Å². The molecule has 0 heterocycles. The molecule has 0 spiro atoms. The summed E-state index contributed by atoms with van der Waals surface area (Å²) in [6.07, 6.45) is 36.7. The topological polar surface area (TPSA) is 55.8 Å². The Morgan fingerprint density at radius 3 is 1.46 bits per heavy atom. The van der Waals surface area contributed by atoms with Crippen LogP contribution in [0, 0.1) is 0 Å². The normalized spacial score (nSPS) is 12.4. The van der Waals surface area contributed by atoms with Gasteiger partial charge in [-0.3, -0.25) is 4.79 Å². The average Bonchev–Trinajstić information content (AvgIpc) is 2.94. The van der Waals surface area contributed by atoms with Crippen molar-refractivity contribution in [1.82, 2.24) is 0 Å². The van der Waals surface area contributed by atoms with Crippen LogP contribution in [0.15, 0.2) is 12.2 Å². The molecule has 0 bridgehead atoms. The molecule has 0 radical (unpaired) electrons. The molecule has 0 saturated carbocycles. The van der Waals surface area contributed by atoms with Crippen molar-refractivity contribution >= 4 is 5.97 Å². The van der Waals surface area contributed by atoms with E-state index in [4.69, 9.17) is 9.47 Å². The lowest BCUT2D eigenvalue weighted by Gasteiger charge is -2.15. The Bertz CT molecular complexity index is 505. The zero-order valence-corrected chi connectivity index (χ0v) is 26.4. The third-order valence-corrected chi connectivity index (χ3v) is 7.59. The third-order valence-electron chi connectivity index (χ3n) is 7.59. The third kappa shape index (κ3) is 31.5. The largest absolute Gasteiger partial charge is 0.457 e. The standard InChI is InChI=1S/C35H68O4/c1-3-5-7-9-11-13-15-17-18-19-20-22-24-26-28-30-35(37)39-34(32-36)33-38-31-29-27-25-23-21-16-14-12-10-8-6-4-2/h17-18,34,36H,3-16,19-33H2,1-2H3/b18-17-/t34-/m0/s1. The number of aliphatic hydroxyl groups is 1. The number of ether oxygens (including phenoxy) is 2. The van der Waals surface area contributed by atoms with E-state index in [0.29, 0.717) is 19.6 Å². The second-order valence-corrected chi connectivity index (χ2v) is 11.6. The van der Waals surface area contributed by atoms with Crippen LogP contribution in [0.2, 0.25) is 0 Å². The van der Waals surface area contributed by atoms with E-state index < -0.39 is 6.10 Å². The average molecular weight is 553 g/mol. The summed E-state index contributed by atoms with van der Waals surface area (Å²) in [5.41, 5.74) is 0. The second-order valence-electron chi connectivity index (χ2n) is 11.6. The highest BCUT2D eigenvalue weighted by molar-refractivity contribution is 5.69. The summed E-state index contributed by atoms with van der Waals surface area (Å²) in [6.45, 7) is 5.34. The van der Waals surface area contributed by atoms with Gasteiger partial charge in [0.05, 0.1) is 13.2 Å². The van der Waals surface area contributed by atoms with Crippen molar-refractivity contribution in [1.29, 1.82) is 0 Å². The Kier molecular flexibility index (Phi) is 32.6. The summed E-state index contributed by atoms with van der Waals surface area (Å²) in [7, 11) is 0. The highest BCUT2D eigenvalue weighted by atomic mass is 16.6. The Labute approximate surface area is 244 Å². The molecule has 4 nitrogen and oxygen atoms in total. The molecule has 1 N–H and O–H groups in total. The molecule has 0 saturated heterocycles. The van der Waals surface area contributed by atoms with E-state index in [1.165, 1.54) is 141 Å². The van der Waals surface area contributed by atoms with Crippen LogP contribution in [0.3, 0.4) is 0 Å². The number of hydrogen-bond donors (Lipinski definition) is 1. The molecule has 39 heavy (non-hydrogen) atoms. The molecular formula is C35H68O4. The van der Waals surface area contributed by atoms with Crippen LogP contribution in [0.25, 0.3) is 0 Å². The monoisotopic (exact) mass is 553 g/mol. The van der Waals surface area contributed by atoms with Gasteiger partial charge in [-0.2, -0.15) is 0 Å². The molecule has 0 aromatic carbocycles. The first-order valence-electron chi connectivity index (χ1n) is 17.3. The molecule has 0 aliphatic carbocycles. The molecule has 0 aliphatic heterocycles. The van der Waals surface area contributed by atoms with Gasteiger partial charge in [0, 0.05) is 13.0 Å². The molecule has 0 unspecified atom stereocenters. The summed E-state index contributed by atoms with van der Waals surface area (Å²) in [5, 5.41) is 9.52. The maximum absolute atomic E-state index is 12.1. The Morgan fingerprint density at radius 1 is 0.590 bits per heavy atom. The van der Waals surface area contributed by atoms with E-state index in [1.54, 1.807) is 0 Å². The van der Waals surface area contributed by atoms with Gasteiger partial charge in [0.15, 0.2) is 0 Å². The fourth-order valence-electron chi connectivity index (χ4n) is 4.97. The summed E-state index contributed by atoms with van der Waals surface area (Å²) < 4.78 is 11.1. The van der Waals surface area contributed by atoms with Crippen LogP contribution in [0.5, 0.6) is 0 Å². The van der Waals surface area contributed by atoms with Crippen molar-refractivity contribution in [3.05, 3.63) is 12.2 Å². The van der Waals surface area contributed by atoms with Gasteiger partial charge in [0.25, 0.3) is 0 Å². The zero-order valence-electron chi connectivity index (χ0n) is 26.4. The van der Waals surface area contributed by atoms with Crippen LogP contribution in [0.4, 0.5) is 0 Å². The van der Waals surface area contributed by atoms with Gasteiger partial charge in [0.1, 0.15) is 6.10 Å². The predicted molar refractivity (Wildman–Crippen MR) is 168 cm³/mol. The highest BCUT2D eigenvalue weighted by Crippen LogP contribution is 2.13. The maximum Gasteiger partial charge on any atom is 0.306 e. The minimum absolute atomic E-state index is 0.170. The Balaban J connectivity index is 3.44. The summed E-state index contributed by atoms with van der Waals surface area (Å²) in [6, 6.07) is 0. The van der Waals surface area contributed by atoms with E-state index >= 15 is 0 Å². The number of carbonyl (C=O) groups excluding carboxylic acids is 1. The number of allylic oxidation sites excluding steroid dienone is 2. The van der Waals surface area contributed by atoms with Crippen molar-refractivity contribution < 1.29 is 19.4 Å². The Morgan fingerprint density at radius 2 is 1.00 bits per heavy atom. The molecule has 0 aromatic heterocycles. The van der Waals surface area contributed by atoms with Crippen molar-refractivity contribution in [2.75, 3.05) is 19.8 Å². The molecule has 232 valence electrons. The summed E-state index contributed by atoms with van der Waals surface area (Å²) >= 11 is 0. The van der Waals surface area contributed by atoms with E-state index in [-0.39, 0.29) is 12.6 Å². The predicted octanol–water partition coefficient (Wildman–Crippen LogP) is 10.6. The number of unbranched alkanes of at least 4 members (excludes halogenated alkanes) is 22. The number of carbonyl (C=O) groups is 1. The molecule has 0 aliphatic rings. The van der Waals surface area contributed by atoms with Gasteiger partial charge in [-0.25, -0.2) is 0 Å². The van der Waals surface area contributed by atoms with Crippen molar-refractivity contribution in [2.24, 2.45) is 0 Å². The van der Waals surface area contributed by atoms with E-state index in [1.807, 2.05) is 0 Å². The minimum atomic E-state index is -0.530. The quantitative estimate of drug-likeness (QED) is 0.0512. The lowest BCUT2D eigenvalue weighted by atomic mass is 10.1. The fourth-order valence-corrected chi connectivity index (χ4v) is 4.97. The highest BCUT2D eigenvalue weighted by Gasteiger charge is 2.13. The first-order chi connectivity index (χ1) is 19.2. The maximum atomic E-state index is 12.1. The van der Waals surface area contributed by atoms with Gasteiger partial charge >= 0.3 is 5.97 Å². The van der Waals surface area contributed by atoms with Crippen LogP contribution in [-0.4, -0.2) is 37.0 Å². The van der Waals surface area contributed by atoms with Gasteiger partial charge in [0.2, 0.25) is 0 Å². The fraction of sp³-hybridized carbons (Fsp3) is 0.914. The summed E-state index contributed by atoms with van der Waals surface area (Å²) in [4.78, 5) is 12.1. The molecule has 0 amide bonds. The van der Waals surface area contributed by atoms with E-state index in [2.05, 4.69) is 26.0 Å². The first kappa shape index (κ1) is 38.1. The van der Waals surface area contributed by atoms with E-state index in [0.717, 1.165) is 19.3 Å². The second kappa shape index (κ2) is 33.3. The van der Waals surface area contributed by atoms with Crippen molar-refractivity contribution in [2.45, 2.75) is 187 Å². The van der Waals surface area contributed by atoms with Crippen molar-refractivity contribution in [3.63, 3.8) is 0 Å². The molecule has 1 atom stereocenters. The van der Waals surface area contributed by atoms with Crippen LogP contribution in [0.1, 0.15) is 181 Å². The zero-order chi connectivity index (χ0) is 28.5. The molecular weight excluding hydrogens is 484 g/mol. The van der Waals surface area contributed by atoms with Gasteiger partial charge < -0.3 is 14.6 Å². The lowest BCUT2D eigenvalue weighted by molar-refractivity contribution is -0.154. The number of esters is 1. The smallest absolute Gasteiger partial charge is 0.306 e. The summed E-state index contributed by atoms with van der Waals surface area (Å²) in [5.74, 6) is -0.208. The number of rotatable bonds is 32. The van der Waals surface area contributed by atoms with Crippen molar-refractivity contribution in [3.8, 4) is 0 Å². The van der Waals surface area contributed by atoms with Gasteiger partial charge in [-0.1, -0.05) is 148 Å². The first-order valence-corrected chi connectivity index (χ1v) is 17.3.